The summed E-state index contributed by atoms with van der Waals surface area (Å²) in [6, 6.07) is 2.90. The molecule has 0 amide bonds. The zero-order valence-corrected chi connectivity index (χ0v) is 18.6. The number of rotatable bonds is 5. The second-order valence-corrected chi connectivity index (χ2v) is 8.26. The van der Waals surface area contributed by atoms with Crippen molar-refractivity contribution in [2.45, 2.75) is 26.3 Å². The molecule has 7 nitrogen and oxygen atoms in total. The third kappa shape index (κ3) is 4.86. The summed E-state index contributed by atoms with van der Waals surface area (Å²) >= 11 is 0. The molecular formula is C22H30ClFN4O3. The molecule has 2 N–H and O–H groups in total. The Kier molecular flexibility index (Phi) is 7.56. The van der Waals surface area contributed by atoms with Gasteiger partial charge < -0.3 is 19.9 Å². The van der Waals surface area contributed by atoms with Gasteiger partial charge >= 0.3 is 5.97 Å². The maximum Gasteiger partial charge on any atom is 0.341 e. The molecule has 1 aromatic carbocycles. The van der Waals surface area contributed by atoms with E-state index in [1.165, 1.54) is 25.1 Å². The van der Waals surface area contributed by atoms with Gasteiger partial charge in [0.2, 0.25) is 5.43 Å². The molecule has 0 unspecified atom stereocenters. The molecule has 0 aliphatic carbocycles. The molecule has 31 heavy (non-hydrogen) atoms. The Morgan fingerprint density at radius 1 is 1.19 bits per heavy atom. The van der Waals surface area contributed by atoms with Gasteiger partial charge in [-0.05, 0) is 50.9 Å². The van der Waals surface area contributed by atoms with E-state index < -0.39 is 17.2 Å². The number of anilines is 1. The molecule has 2 aliphatic rings. The molecule has 0 spiro atoms. The Morgan fingerprint density at radius 2 is 1.87 bits per heavy atom. The van der Waals surface area contributed by atoms with Gasteiger partial charge in [0.25, 0.3) is 0 Å². The summed E-state index contributed by atoms with van der Waals surface area (Å²) in [5.74, 6) is -1.03. The molecular weight excluding hydrogens is 423 g/mol. The van der Waals surface area contributed by atoms with E-state index in [9.17, 15) is 19.1 Å². The molecule has 4 rings (SSSR count). The number of piperidine rings is 1. The first-order chi connectivity index (χ1) is 14.5. The lowest BCUT2D eigenvalue weighted by atomic mass is 9.97. The van der Waals surface area contributed by atoms with E-state index in [0.717, 1.165) is 51.7 Å². The first kappa shape index (κ1) is 23.5. The Morgan fingerprint density at radius 3 is 2.48 bits per heavy atom. The molecule has 2 aliphatic heterocycles. The largest absolute Gasteiger partial charge is 0.477 e. The predicted octanol–water partition coefficient (Wildman–Crippen LogP) is 2.40. The molecule has 0 atom stereocenters. The number of carboxylic acids is 1. The van der Waals surface area contributed by atoms with E-state index in [2.05, 4.69) is 10.2 Å². The van der Waals surface area contributed by atoms with Crippen LogP contribution in [0.3, 0.4) is 0 Å². The highest BCUT2D eigenvalue weighted by molar-refractivity contribution is 5.93. The van der Waals surface area contributed by atoms with Crippen molar-refractivity contribution < 1.29 is 14.3 Å². The van der Waals surface area contributed by atoms with Crippen LogP contribution in [0, 0.1) is 11.7 Å². The Balaban J connectivity index is 0.00000272. The minimum absolute atomic E-state index is 0. The number of hydrogen-bond donors (Lipinski definition) is 2. The van der Waals surface area contributed by atoms with E-state index in [-0.39, 0.29) is 23.4 Å². The third-order valence-electron chi connectivity index (χ3n) is 6.41. The van der Waals surface area contributed by atoms with Crippen LogP contribution in [0.15, 0.2) is 23.1 Å². The van der Waals surface area contributed by atoms with Gasteiger partial charge in [0, 0.05) is 50.9 Å². The van der Waals surface area contributed by atoms with Crippen molar-refractivity contribution in [2.24, 2.45) is 5.92 Å². The zero-order valence-electron chi connectivity index (χ0n) is 17.8. The van der Waals surface area contributed by atoms with E-state index >= 15 is 0 Å². The van der Waals surface area contributed by atoms with Gasteiger partial charge in [0.15, 0.2) is 0 Å². The lowest BCUT2D eigenvalue weighted by molar-refractivity contribution is 0.0695. The lowest BCUT2D eigenvalue weighted by Gasteiger charge is -2.38. The first-order valence-electron chi connectivity index (χ1n) is 10.8. The fraction of sp³-hybridized carbons (Fsp3) is 0.545. The number of carbonyl (C=O) groups is 1. The van der Waals surface area contributed by atoms with Crippen molar-refractivity contribution in [3.8, 4) is 0 Å². The minimum atomic E-state index is -1.29. The van der Waals surface area contributed by atoms with Crippen LogP contribution in [-0.4, -0.2) is 66.4 Å². The van der Waals surface area contributed by atoms with Crippen molar-refractivity contribution >= 4 is 35.0 Å². The smallest absolute Gasteiger partial charge is 0.341 e. The molecule has 0 saturated carbocycles. The fourth-order valence-electron chi connectivity index (χ4n) is 4.66. The number of fused-ring (bicyclic) bond motifs is 1. The van der Waals surface area contributed by atoms with Crippen LogP contribution in [0.4, 0.5) is 10.1 Å². The fourth-order valence-corrected chi connectivity index (χ4v) is 4.66. The number of halogens is 2. The van der Waals surface area contributed by atoms with E-state index in [4.69, 9.17) is 0 Å². The van der Waals surface area contributed by atoms with Gasteiger partial charge in [-0.2, -0.15) is 0 Å². The summed E-state index contributed by atoms with van der Waals surface area (Å²) in [4.78, 5) is 28.4. The topological polar surface area (TPSA) is 77.8 Å². The predicted molar refractivity (Wildman–Crippen MR) is 122 cm³/mol. The number of benzene rings is 1. The van der Waals surface area contributed by atoms with Crippen LogP contribution in [0.1, 0.15) is 30.1 Å². The number of aryl methyl sites for hydroxylation is 1. The molecule has 0 radical (unpaired) electrons. The summed E-state index contributed by atoms with van der Waals surface area (Å²) in [5.41, 5.74) is 0.0807. The second-order valence-electron chi connectivity index (χ2n) is 8.26. The number of nitrogens with zero attached hydrogens (tertiary/aromatic N) is 3. The van der Waals surface area contributed by atoms with Crippen molar-refractivity contribution in [1.29, 1.82) is 0 Å². The Labute approximate surface area is 187 Å². The SMILES string of the molecule is CCn1cc(C(=O)O)c(=O)c2cc(F)c(N3CCN(CC4CCNCC4)CC3)cc21.Cl. The minimum Gasteiger partial charge on any atom is -0.477 e. The van der Waals surface area contributed by atoms with Crippen molar-refractivity contribution in [2.75, 3.05) is 50.7 Å². The monoisotopic (exact) mass is 452 g/mol. The maximum absolute atomic E-state index is 15.0. The molecule has 2 saturated heterocycles. The third-order valence-corrected chi connectivity index (χ3v) is 6.41. The Bertz CT molecular complexity index is 998. The number of hydrogen-bond acceptors (Lipinski definition) is 5. The summed E-state index contributed by atoms with van der Waals surface area (Å²) in [6.45, 7) is 8.90. The number of aromatic nitrogens is 1. The summed E-state index contributed by atoms with van der Waals surface area (Å²) in [7, 11) is 0. The number of carboxylic acid groups (broad SMARTS) is 1. The Hall–Kier alpha value is -2.16. The summed E-state index contributed by atoms with van der Waals surface area (Å²) in [6.07, 6.45) is 3.78. The van der Waals surface area contributed by atoms with Crippen LogP contribution in [-0.2, 0) is 6.54 Å². The van der Waals surface area contributed by atoms with Gasteiger partial charge in [-0.25, -0.2) is 9.18 Å². The average Bonchev–Trinajstić information content (AvgIpc) is 2.75. The molecule has 2 aromatic rings. The van der Waals surface area contributed by atoms with Crippen molar-refractivity contribution in [1.82, 2.24) is 14.8 Å². The highest BCUT2D eigenvalue weighted by Crippen LogP contribution is 2.27. The first-order valence-corrected chi connectivity index (χ1v) is 10.8. The van der Waals surface area contributed by atoms with Crippen LogP contribution in [0.25, 0.3) is 10.9 Å². The molecule has 2 fully saturated rings. The molecule has 3 heterocycles. The van der Waals surface area contributed by atoms with Crippen LogP contribution in [0.5, 0.6) is 0 Å². The lowest BCUT2D eigenvalue weighted by Crippen LogP contribution is -2.48. The van der Waals surface area contributed by atoms with Crippen LogP contribution < -0.4 is 15.6 Å². The van der Waals surface area contributed by atoms with E-state index in [0.29, 0.717) is 17.7 Å². The molecule has 9 heteroatoms. The normalized spacial score (nSPS) is 18.2. The van der Waals surface area contributed by atoms with Gasteiger partial charge in [0.05, 0.1) is 11.2 Å². The standard InChI is InChI=1S/C22H29FN4O3.ClH/c1-2-26-14-17(22(29)30)21(28)16-11-18(23)20(12-19(16)26)27-9-7-25(8-10-27)13-15-3-5-24-6-4-15;/h11-12,14-15,24H,2-10,13H2,1H3,(H,29,30);1H. The van der Waals surface area contributed by atoms with Crippen LogP contribution >= 0.6 is 12.4 Å². The number of piperazine rings is 1. The van der Waals surface area contributed by atoms with E-state index in [1.54, 1.807) is 10.6 Å². The number of nitrogens with one attached hydrogen (secondary N) is 1. The summed E-state index contributed by atoms with van der Waals surface area (Å²) < 4.78 is 16.7. The molecule has 0 bridgehead atoms. The highest BCUT2D eigenvalue weighted by Gasteiger charge is 2.24. The van der Waals surface area contributed by atoms with Gasteiger partial charge in [-0.1, -0.05) is 0 Å². The van der Waals surface area contributed by atoms with Crippen molar-refractivity contribution in [3.63, 3.8) is 0 Å². The van der Waals surface area contributed by atoms with Gasteiger partial charge in [0.1, 0.15) is 11.4 Å². The number of aromatic carboxylic acids is 1. The zero-order chi connectivity index (χ0) is 21.3. The average molecular weight is 453 g/mol. The maximum atomic E-state index is 15.0. The van der Waals surface area contributed by atoms with Gasteiger partial charge in [-0.15, -0.1) is 12.4 Å². The molecule has 170 valence electrons. The quantitative estimate of drug-likeness (QED) is 0.725. The van der Waals surface area contributed by atoms with Gasteiger partial charge in [-0.3, -0.25) is 9.69 Å². The highest BCUT2D eigenvalue weighted by atomic mass is 35.5. The summed E-state index contributed by atoms with van der Waals surface area (Å²) in [5, 5.41) is 12.8. The van der Waals surface area contributed by atoms with Crippen LogP contribution in [0.2, 0.25) is 0 Å². The molecule has 1 aromatic heterocycles. The van der Waals surface area contributed by atoms with E-state index in [1.807, 2.05) is 11.8 Å². The van der Waals surface area contributed by atoms with Crippen molar-refractivity contribution in [3.05, 3.63) is 39.9 Å². The number of pyridine rings is 1. The second kappa shape index (κ2) is 9.97.